The Hall–Kier alpha value is -2.27. The van der Waals surface area contributed by atoms with Gasteiger partial charge in [-0.1, -0.05) is 11.6 Å². The number of hydrogen-bond acceptors (Lipinski definition) is 3. The van der Waals surface area contributed by atoms with Crippen LogP contribution in [0.25, 0.3) is 0 Å². The molecule has 0 saturated carbocycles. The number of nitrogens with one attached hydrogen (secondary N) is 1. The number of pyridine rings is 1. The minimum Gasteiger partial charge on any atom is -0.495 e. The van der Waals surface area contributed by atoms with Gasteiger partial charge in [0.1, 0.15) is 5.75 Å². The highest BCUT2D eigenvalue weighted by Crippen LogP contribution is 2.27. The van der Waals surface area contributed by atoms with Crippen molar-refractivity contribution in [3.63, 3.8) is 0 Å². The summed E-state index contributed by atoms with van der Waals surface area (Å²) in [5, 5.41) is 3.40. The summed E-state index contributed by atoms with van der Waals surface area (Å²) in [5.74, 6) is 0.577. The highest BCUT2D eigenvalue weighted by molar-refractivity contribution is 6.31. The number of carbonyl (C=O) groups is 1. The molecule has 6 heteroatoms. The molecule has 2 amide bonds. The molecule has 2 rings (SSSR count). The maximum absolute atomic E-state index is 12.4. The lowest BCUT2D eigenvalue weighted by atomic mass is 10.2. The summed E-state index contributed by atoms with van der Waals surface area (Å²) in [6.07, 6.45) is 4.28. The van der Waals surface area contributed by atoms with E-state index in [1.54, 1.807) is 42.6 Å². The Labute approximate surface area is 141 Å². The molecule has 2 aromatic rings. The molecule has 122 valence electrons. The van der Waals surface area contributed by atoms with E-state index in [9.17, 15) is 4.79 Å². The molecule has 0 fully saturated rings. The van der Waals surface area contributed by atoms with Crippen LogP contribution in [0.4, 0.5) is 10.5 Å². The van der Waals surface area contributed by atoms with Crippen LogP contribution in [0.3, 0.4) is 0 Å². The summed E-state index contributed by atoms with van der Waals surface area (Å²) < 4.78 is 5.25. The normalized spacial score (nSPS) is 10.2. The molecule has 23 heavy (non-hydrogen) atoms. The number of nitrogens with zero attached hydrogens (tertiary/aromatic N) is 2. The lowest BCUT2D eigenvalue weighted by Crippen LogP contribution is -2.36. The topological polar surface area (TPSA) is 54.5 Å². The first-order valence-corrected chi connectivity index (χ1v) is 7.80. The molecular weight excluding hydrogens is 314 g/mol. The fraction of sp³-hybridized carbons (Fsp3) is 0.294. The number of rotatable bonds is 6. The van der Waals surface area contributed by atoms with E-state index in [-0.39, 0.29) is 6.03 Å². The summed E-state index contributed by atoms with van der Waals surface area (Å²) in [4.78, 5) is 18.2. The van der Waals surface area contributed by atoms with Gasteiger partial charge in [0.05, 0.1) is 12.8 Å². The molecule has 0 aliphatic carbocycles. The molecule has 1 aromatic heterocycles. The lowest BCUT2D eigenvalue weighted by Gasteiger charge is -2.22. The van der Waals surface area contributed by atoms with Gasteiger partial charge in [0.2, 0.25) is 0 Å². The average Bonchev–Trinajstić information content (AvgIpc) is 2.56. The molecule has 5 nitrogen and oxygen atoms in total. The summed E-state index contributed by atoms with van der Waals surface area (Å²) in [6.45, 7) is 3.18. The molecule has 0 spiro atoms. The van der Waals surface area contributed by atoms with Crippen LogP contribution >= 0.6 is 11.6 Å². The lowest BCUT2D eigenvalue weighted by molar-refractivity contribution is 0.215. The highest BCUT2D eigenvalue weighted by atomic mass is 35.5. The van der Waals surface area contributed by atoms with E-state index in [1.807, 2.05) is 19.1 Å². The van der Waals surface area contributed by atoms with E-state index in [0.717, 1.165) is 12.0 Å². The van der Waals surface area contributed by atoms with E-state index < -0.39 is 0 Å². The predicted molar refractivity (Wildman–Crippen MR) is 92.2 cm³/mol. The Bertz CT molecular complexity index is 650. The molecule has 1 aromatic carbocycles. The maximum Gasteiger partial charge on any atom is 0.321 e. The van der Waals surface area contributed by atoms with Crippen LogP contribution in [0.2, 0.25) is 5.02 Å². The van der Waals surface area contributed by atoms with Gasteiger partial charge in [-0.2, -0.15) is 0 Å². The van der Waals surface area contributed by atoms with Crippen molar-refractivity contribution < 1.29 is 9.53 Å². The second kappa shape index (κ2) is 8.39. The van der Waals surface area contributed by atoms with Gasteiger partial charge in [0.15, 0.2) is 0 Å². The van der Waals surface area contributed by atoms with Crippen molar-refractivity contribution in [1.29, 1.82) is 0 Å². The van der Waals surface area contributed by atoms with Gasteiger partial charge in [0.25, 0.3) is 0 Å². The molecule has 0 radical (unpaired) electrons. The quantitative estimate of drug-likeness (QED) is 0.873. The fourth-order valence-corrected chi connectivity index (χ4v) is 2.36. The maximum atomic E-state index is 12.4. The van der Waals surface area contributed by atoms with Crippen LogP contribution in [0.5, 0.6) is 5.75 Å². The van der Waals surface area contributed by atoms with E-state index in [2.05, 4.69) is 10.3 Å². The van der Waals surface area contributed by atoms with E-state index in [0.29, 0.717) is 29.5 Å². The molecule has 0 bridgehead atoms. The zero-order chi connectivity index (χ0) is 16.7. The third-order valence-electron chi connectivity index (χ3n) is 3.49. The number of amides is 2. The van der Waals surface area contributed by atoms with Crippen LogP contribution in [0, 0.1) is 0 Å². The molecule has 0 aliphatic heterocycles. The zero-order valence-electron chi connectivity index (χ0n) is 13.3. The number of methoxy groups -OCH3 is 1. The number of ether oxygens (including phenoxy) is 1. The van der Waals surface area contributed by atoms with Gasteiger partial charge in [-0.25, -0.2) is 4.79 Å². The first-order valence-electron chi connectivity index (χ1n) is 7.42. The van der Waals surface area contributed by atoms with Crippen molar-refractivity contribution in [1.82, 2.24) is 9.88 Å². The second-order valence-corrected chi connectivity index (χ2v) is 5.40. The minimum absolute atomic E-state index is 0.179. The molecule has 1 heterocycles. The average molecular weight is 334 g/mol. The van der Waals surface area contributed by atoms with Gasteiger partial charge >= 0.3 is 6.03 Å². The van der Waals surface area contributed by atoms with Crippen molar-refractivity contribution in [2.75, 3.05) is 25.5 Å². The largest absolute Gasteiger partial charge is 0.495 e. The third-order valence-corrected chi connectivity index (χ3v) is 3.73. The monoisotopic (exact) mass is 333 g/mol. The van der Waals surface area contributed by atoms with Gasteiger partial charge in [-0.3, -0.25) is 4.98 Å². The predicted octanol–water partition coefficient (Wildman–Crippen LogP) is 3.84. The minimum atomic E-state index is -0.179. The second-order valence-electron chi connectivity index (χ2n) is 4.96. The van der Waals surface area contributed by atoms with Gasteiger partial charge in [-0.15, -0.1) is 0 Å². The standard InChI is InChI=1S/C17H20ClN3O2/c1-3-21(11-8-13-6-9-19-10-7-13)17(22)20-15-12-14(18)4-5-16(15)23-2/h4-7,9-10,12H,3,8,11H2,1-2H3,(H,20,22). The SMILES string of the molecule is CCN(CCc1ccncc1)C(=O)Nc1cc(Cl)ccc1OC. The molecule has 0 unspecified atom stereocenters. The van der Waals surface area contributed by atoms with Crippen molar-refractivity contribution in [2.45, 2.75) is 13.3 Å². The Morgan fingerprint density at radius 1 is 1.30 bits per heavy atom. The van der Waals surface area contributed by atoms with Crippen LogP contribution < -0.4 is 10.1 Å². The molecule has 1 N–H and O–H groups in total. The van der Waals surface area contributed by atoms with Gasteiger partial charge < -0.3 is 15.0 Å². The number of benzene rings is 1. The number of carbonyl (C=O) groups excluding carboxylic acids is 1. The molecule has 0 saturated heterocycles. The molecule has 0 atom stereocenters. The van der Waals surface area contributed by atoms with Crippen LogP contribution in [0.15, 0.2) is 42.7 Å². The van der Waals surface area contributed by atoms with Crippen LogP contribution in [-0.4, -0.2) is 36.1 Å². The number of likely N-dealkylation sites (N-methyl/N-ethyl adjacent to an activating group) is 1. The number of halogens is 1. The van der Waals surface area contributed by atoms with Crippen molar-refractivity contribution >= 4 is 23.3 Å². The number of urea groups is 1. The Morgan fingerprint density at radius 3 is 2.70 bits per heavy atom. The Balaban J connectivity index is 2.01. The first-order chi connectivity index (χ1) is 11.1. The van der Waals surface area contributed by atoms with Crippen molar-refractivity contribution in [2.24, 2.45) is 0 Å². The first kappa shape index (κ1) is 17.1. The summed E-state index contributed by atoms with van der Waals surface area (Å²) in [6, 6.07) is 8.84. The van der Waals surface area contributed by atoms with E-state index >= 15 is 0 Å². The highest BCUT2D eigenvalue weighted by Gasteiger charge is 2.14. The fourth-order valence-electron chi connectivity index (χ4n) is 2.19. The van der Waals surface area contributed by atoms with Crippen LogP contribution in [-0.2, 0) is 6.42 Å². The van der Waals surface area contributed by atoms with Gasteiger partial charge in [0, 0.05) is 30.5 Å². The van der Waals surface area contributed by atoms with E-state index in [1.165, 1.54) is 0 Å². The molecular formula is C17H20ClN3O2. The summed E-state index contributed by atoms with van der Waals surface area (Å²) >= 11 is 5.99. The van der Waals surface area contributed by atoms with Gasteiger partial charge in [-0.05, 0) is 49.2 Å². The number of hydrogen-bond donors (Lipinski definition) is 1. The molecule has 0 aliphatic rings. The third kappa shape index (κ3) is 4.86. The summed E-state index contributed by atoms with van der Waals surface area (Å²) in [5.41, 5.74) is 1.71. The number of anilines is 1. The Morgan fingerprint density at radius 2 is 2.04 bits per heavy atom. The number of aromatic nitrogens is 1. The van der Waals surface area contributed by atoms with Crippen LogP contribution in [0.1, 0.15) is 12.5 Å². The zero-order valence-corrected chi connectivity index (χ0v) is 14.0. The van der Waals surface area contributed by atoms with Crippen molar-refractivity contribution in [3.05, 3.63) is 53.3 Å². The Kier molecular flexibility index (Phi) is 6.23. The smallest absolute Gasteiger partial charge is 0.321 e. The summed E-state index contributed by atoms with van der Waals surface area (Å²) in [7, 11) is 1.56. The van der Waals surface area contributed by atoms with E-state index in [4.69, 9.17) is 16.3 Å². The van der Waals surface area contributed by atoms with Crippen molar-refractivity contribution in [3.8, 4) is 5.75 Å².